The van der Waals surface area contributed by atoms with Crippen LogP contribution in [0.4, 0.5) is 10.6 Å². The first-order chi connectivity index (χ1) is 12.0. The van der Waals surface area contributed by atoms with Crippen molar-refractivity contribution in [2.45, 2.75) is 32.3 Å². The van der Waals surface area contributed by atoms with Crippen LogP contribution < -0.4 is 5.32 Å². The van der Waals surface area contributed by atoms with Crippen LogP contribution in [-0.2, 0) is 14.4 Å². The fourth-order valence-electron chi connectivity index (χ4n) is 2.33. The van der Waals surface area contributed by atoms with Crippen molar-refractivity contribution in [1.29, 1.82) is 0 Å². The van der Waals surface area contributed by atoms with Gasteiger partial charge in [-0.3, -0.25) is 14.9 Å². The lowest BCUT2D eigenvalue weighted by Crippen LogP contribution is -2.39. The lowest BCUT2D eigenvalue weighted by Gasteiger charge is -2.21. The Morgan fingerprint density at radius 1 is 1.28 bits per heavy atom. The van der Waals surface area contributed by atoms with E-state index < -0.39 is 18.1 Å². The number of carbonyl (C=O) groups excluding carboxylic acids is 2. The number of unbranched alkanes of at least 4 members (excludes halogenated alkanes) is 1. The molecule has 2 amide bonds. The maximum absolute atomic E-state index is 12.2. The summed E-state index contributed by atoms with van der Waals surface area (Å²) >= 11 is 0. The molecule has 1 aromatic heterocycles. The molecule has 0 fully saturated rings. The van der Waals surface area contributed by atoms with Gasteiger partial charge in [0.25, 0.3) is 5.91 Å². The highest BCUT2D eigenvalue weighted by Gasteiger charge is 2.26. The highest BCUT2D eigenvalue weighted by molar-refractivity contribution is 5.90. The number of fused-ring (bicyclic) bond motifs is 1. The van der Waals surface area contributed by atoms with E-state index in [1.807, 2.05) is 31.2 Å². The molecular weight excluding hydrogens is 322 g/mol. The van der Waals surface area contributed by atoms with Crippen LogP contribution in [0, 0.1) is 0 Å². The minimum Gasteiger partial charge on any atom is -0.436 e. The smallest absolute Gasteiger partial charge is 0.413 e. The molecule has 1 atom stereocenters. The number of likely N-dealkylation sites (N-methyl/N-ethyl adjacent to an activating group) is 1. The standard InChI is InChI=1S/C18H23N3O4/c1-4-5-10-15(17(22)21(2)24-3)25-18(23)20-16-11-13-8-6-7-9-14(13)12-19-16/h6-9,11-12,15H,4-5,10H2,1-3H3,(H,19,20,23). The molecule has 1 aromatic carbocycles. The number of hydrogen-bond acceptors (Lipinski definition) is 5. The summed E-state index contributed by atoms with van der Waals surface area (Å²) < 4.78 is 5.29. The Morgan fingerprint density at radius 3 is 2.68 bits per heavy atom. The Kier molecular flexibility index (Phi) is 6.71. The number of hydrogen-bond donors (Lipinski definition) is 1. The van der Waals surface area contributed by atoms with E-state index in [1.165, 1.54) is 14.2 Å². The Bertz CT molecular complexity index is 735. The van der Waals surface area contributed by atoms with Crippen LogP contribution in [0.5, 0.6) is 0 Å². The summed E-state index contributed by atoms with van der Waals surface area (Å²) in [7, 11) is 2.86. The number of benzene rings is 1. The number of carbonyl (C=O) groups is 2. The van der Waals surface area contributed by atoms with Gasteiger partial charge in [0.1, 0.15) is 5.82 Å². The number of anilines is 1. The molecule has 0 saturated heterocycles. The van der Waals surface area contributed by atoms with Gasteiger partial charge in [-0.1, -0.05) is 37.6 Å². The van der Waals surface area contributed by atoms with E-state index in [0.29, 0.717) is 12.2 Å². The average Bonchev–Trinajstić information content (AvgIpc) is 2.63. The zero-order valence-electron chi connectivity index (χ0n) is 14.7. The van der Waals surface area contributed by atoms with Crippen molar-refractivity contribution in [3.8, 4) is 0 Å². The van der Waals surface area contributed by atoms with Crippen molar-refractivity contribution in [3.05, 3.63) is 36.5 Å². The van der Waals surface area contributed by atoms with E-state index in [9.17, 15) is 9.59 Å². The van der Waals surface area contributed by atoms with E-state index >= 15 is 0 Å². The van der Waals surface area contributed by atoms with Gasteiger partial charge in [-0.15, -0.1) is 0 Å². The number of amides is 2. The predicted octanol–water partition coefficient (Wildman–Crippen LogP) is 3.36. The molecule has 0 bridgehead atoms. The fraction of sp³-hybridized carbons (Fsp3) is 0.389. The van der Waals surface area contributed by atoms with E-state index in [2.05, 4.69) is 10.3 Å². The molecular formula is C18H23N3O4. The molecule has 0 aliphatic heterocycles. The van der Waals surface area contributed by atoms with Gasteiger partial charge in [-0.25, -0.2) is 14.8 Å². The SMILES string of the molecule is CCCCC(OC(=O)Nc1cc2ccccc2cn1)C(=O)N(C)OC. The summed E-state index contributed by atoms with van der Waals surface area (Å²) in [6.07, 6.45) is 2.13. The topological polar surface area (TPSA) is 80.8 Å². The normalized spacial score (nSPS) is 11.8. The summed E-state index contributed by atoms with van der Waals surface area (Å²) in [5.41, 5.74) is 0. The number of rotatable bonds is 7. The maximum Gasteiger partial charge on any atom is 0.413 e. The molecule has 0 spiro atoms. The molecule has 2 rings (SSSR count). The van der Waals surface area contributed by atoms with Crippen molar-refractivity contribution in [1.82, 2.24) is 10.0 Å². The third-order valence-electron chi connectivity index (χ3n) is 3.79. The van der Waals surface area contributed by atoms with Crippen molar-refractivity contribution in [3.63, 3.8) is 0 Å². The number of pyridine rings is 1. The number of ether oxygens (including phenoxy) is 1. The van der Waals surface area contributed by atoms with E-state index in [0.717, 1.165) is 28.7 Å². The molecule has 0 radical (unpaired) electrons. The first-order valence-corrected chi connectivity index (χ1v) is 8.19. The Hall–Kier alpha value is -2.67. The maximum atomic E-state index is 12.2. The van der Waals surface area contributed by atoms with Gasteiger partial charge < -0.3 is 4.74 Å². The first-order valence-electron chi connectivity index (χ1n) is 8.19. The quantitative estimate of drug-likeness (QED) is 0.778. The highest BCUT2D eigenvalue weighted by Crippen LogP contribution is 2.17. The summed E-state index contributed by atoms with van der Waals surface area (Å²) in [5.74, 6) is -0.0388. The van der Waals surface area contributed by atoms with Crippen LogP contribution in [0.15, 0.2) is 36.5 Å². The van der Waals surface area contributed by atoms with Gasteiger partial charge in [0.15, 0.2) is 6.10 Å². The second-order valence-electron chi connectivity index (χ2n) is 5.60. The van der Waals surface area contributed by atoms with Gasteiger partial charge in [0, 0.05) is 18.6 Å². The number of aromatic nitrogens is 1. The van der Waals surface area contributed by atoms with Crippen LogP contribution in [0.3, 0.4) is 0 Å². The van der Waals surface area contributed by atoms with Gasteiger partial charge in [-0.2, -0.15) is 0 Å². The largest absolute Gasteiger partial charge is 0.436 e. The molecule has 134 valence electrons. The molecule has 0 aliphatic rings. The molecule has 0 saturated carbocycles. The molecule has 1 heterocycles. The molecule has 0 aliphatic carbocycles. The van der Waals surface area contributed by atoms with Crippen LogP contribution in [0.25, 0.3) is 10.8 Å². The number of hydroxylamine groups is 2. The predicted molar refractivity (Wildman–Crippen MR) is 94.9 cm³/mol. The van der Waals surface area contributed by atoms with E-state index in [4.69, 9.17) is 9.57 Å². The number of nitrogens with one attached hydrogen (secondary N) is 1. The molecule has 2 aromatic rings. The van der Waals surface area contributed by atoms with E-state index in [1.54, 1.807) is 12.3 Å². The van der Waals surface area contributed by atoms with Gasteiger partial charge in [0.05, 0.1) is 7.11 Å². The third-order valence-corrected chi connectivity index (χ3v) is 3.79. The zero-order chi connectivity index (χ0) is 18.2. The molecule has 7 nitrogen and oxygen atoms in total. The highest BCUT2D eigenvalue weighted by atomic mass is 16.7. The minimum absolute atomic E-state index is 0.366. The van der Waals surface area contributed by atoms with Crippen LogP contribution in [0.2, 0.25) is 0 Å². The Labute approximate surface area is 146 Å². The third kappa shape index (κ3) is 5.15. The zero-order valence-corrected chi connectivity index (χ0v) is 14.7. The van der Waals surface area contributed by atoms with Crippen molar-refractivity contribution in [2.75, 3.05) is 19.5 Å². The van der Waals surface area contributed by atoms with Crippen LogP contribution in [0.1, 0.15) is 26.2 Å². The average molecular weight is 345 g/mol. The molecule has 7 heteroatoms. The molecule has 1 unspecified atom stereocenters. The monoisotopic (exact) mass is 345 g/mol. The second kappa shape index (κ2) is 8.98. The summed E-state index contributed by atoms with van der Waals surface area (Å²) in [6.45, 7) is 2.00. The van der Waals surface area contributed by atoms with Gasteiger partial charge in [-0.05, 0) is 24.3 Å². The minimum atomic E-state index is -0.898. The summed E-state index contributed by atoms with van der Waals surface area (Å²) in [4.78, 5) is 33.4. The Morgan fingerprint density at radius 2 is 2.00 bits per heavy atom. The summed E-state index contributed by atoms with van der Waals surface area (Å²) in [6, 6.07) is 9.44. The van der Waals surface area contributed by atoms with Crippen molar-refractivity contribution in [2.24, 2.45) is 0 Å². The van der Waals surface area contributed by atoms with Crippen LogP contribution in [-0.4, -0.2) is 42.3 Å². The fourth-order valence-corrected chi connectivity index (χ4v) is 2.33. The lowest BCUT2D eigenvalue weighted by atomic mass is 10.1. The number of nitrogens with zero attached hydrogens (tertiary/aromatic N) is 2. The first kappa shape index (κ1) is 18.7. The van der Waals surface area contributed by atoms with Crippen molar-refractivity contribution < 1.29 is 19.2 Å². The lowest BCUT2D eigenvalue weighted by molar-refractivity contribution is -0.178. The second-order valence-corrected chi connectivity index (χ2v) is 5.60. The van der Waals surface area contributed by atoms with Crippen LogP contribution >= 0.6 is 0 Å². The molecule has 1 N–H and O–H groups in total. The molecule has 25 heavy (non-hydrogen) atoms. The Balaban J connectivity index is 2.04. The van der Waals surface area contributed by atoms with Crippen molar-refractivity contribution >= 4 is 28.6 Å². The van der Waals surface area contributed by atoms with Gasteiger partial charge in [0.2, 0.25) is 0 Å². The van der Waals surface area contributed by atoms with Gasteiger partial charge >= 0.3 is 6.09 Å². The summed E-state index contributed by atoms with van der Waals surface area (Å²) in [5, 5.41) is 5.55. The van der Waals surface area contributed by atoms with E-state index in [-0.39, 0.29) is 0 Å².